The highest BCUT2D eigenvalue weighted by molar-refractivity contribution is 5.87. The lowest BCUT2D eigenvalue weighted by Crippen LogP contribution is -2.59. The normalized spacial score (nSPS) is 28.7. The lowest BCUT2D eigenvalue weighted by molar-refractivity contribution is -0.128. The third kappa shape index (κ3) is 0.587. The molecule has 1 unspecified atom stereocenters. The van der Waals surface area contributed by atoms with Crippen molar-refractivity contribution in [3.05, 3.63) is 0 Å². The average molecular weight is 100 g/mol. The molecule has 0 aliphatic carbocycles. The summed E-state index contributed by atoms with van der Waals surface area (Å²) in [4.78, 5) is 10.3. The second-order valence-electron chi connectivity index (χ2n) is 1.59. The van der Waals surface area contributed by atoms with E-state index in [1.165, 1.54) is 0 Å². The van der Waals surface area contributed by atoms with E-state index in [4.69, 9.17) is 0 Å². The van der Waals surface area contributed by atoms with Crippen molar-refractivity contribution in [2.24, 2.45) is 0 Å². The Morgan fingerprint density at radius 1 is 2.00 bits per heavy atom. The van der Waals surface area contributed by atoms with E-state index < -0.39 is 0 Å². The van der Waals surface area contributed by atoms with Crippen molar-refractivity contribution >= 4 is 5.91 Å². The molecule has 1 atom stereocenters. The Morgan fingerprint density at radius 2 is 2.71 bits per heavy atom. The van der Waals surface area contributed by atoms with Gasteiger partial charge in [0.1, 0.15) is 6.04 Å². The summed E-state index contributed by atoms with van der Waals surface area (Å²) >= 11 is 0. The van der Waals surface area contributed by atoms with Gasteiger partial charge in [-0.1, -0.05) is 0 Å². The zero-order chi connectivity index (χ0) is 5.28. The summed E-state index contributed by atoms with van der Waals surface area (Å²) in [5.41, 5.74) is 0. The number of hydrogen-bond donors (Lipinski definition) is 2. The number of carbonyl (C=O) groups is 1. The van der Waals surface area contributed by atoms with Crippen LogP contribution in [0.1, 0.15) is 0 Å². The van der Waals surface area contributed by atoms with Crippen LogP contribution in [0.4, 0.5) is 0 Å². The van der Waals surface area contributed by atoms with Gasteiger partial charge in [0.15, 0.2) is 0 Å². The molecule has 1 amide bonds. The molecular formula is C4H8N2O. The van der Waals surface area contributed by atoms with Crippen LogP contribution in [0.3, 0.4) is 0 Å². The molecular weight excluding hydrogens is 92.1 g/mol. The predicted octanol–water partition coefficient (Wildman–Crippen LogP) is -1.30. The number of nitrogens with one attached hydrogen (secondary N) is 2. The van der Waals surface area contributed by atoms with Crippen molar-refractivity contribution in [2.75, 3.05) is 13.6 Å². The summed E-state index contributed by atoms with van der Waals surface area (Å²) in [6.45, 7) is 0.787. The van der Waals surface area contributed by atoms with Crippen LogP contribution in [0, 0.1) is 0 Å². The van der Waals surface area contributed by atoms with E-state index in [-0.39, 0.29) is 11.9 Å². The van der Waals surface area contributed by atoms with Crippen LogP contribution in [0.2, 0.25) is 0 Å². The van der Waals surface area contributed by atoms with Crippen molar-refractivity contribution < 1.29 is 4.79 Å². The van der Waals surface area contributed by atoms with Crippen LogP contribution >= 0.6 is 0 Å². The Kier molecular flexibility index (Phi) is 0.982. The van der Waals surface area contributed by atoms with Gasteiger partial charge < -0.3 is 10.6 Å². The quantitative estimate of drug-likeness (QED) is 0.402. The fourth-order valence-electron chi connectivity index (χ4n) is 0.521. The lowest BCUT2D eigenvalue weighted by Gasteiger charge is -2.24. The van der Waals surface area contributed by atoms with Crippen LogP contribution in [0.15, 0.2) is 0 Å². The summed E-state index contributed by atoms with van der Waals surface area (Å²) < 4.78 is 0. The molecule has 1 rings (SSSR count). The van der Waals surface area contributed by atoms with E-state index in [2.05, 4.69) is 10.6 Å². The molecule has 0 aromatic heterocycles. The van der Waals surface area contributed by atoms with Gasteiger partial charge in [-0.05, 0) is 7.05 Å². The van der Waals surface area contributed by atoms with E-state index in [1.807, 2.05) is 0 Å². The van der Waals surface area contributed by atoms with Crippen molar-refractivity contribution in [2.45, 2.75) is 6.04 Å². The van der Waals surface area contributed by atoms with E-state index >= 15 is 0 Å². The molecule has 1 aliphatic rings. The number of carbonyl (C=O) groups excluding carboxylic acids is 1. The largest absolute Gasteiger partial charge is 0.353 e. The smallest absolute Gasteiger partial charge is 0.239 e. The van der Waals surface area contributed by atoms with Gasteiger partial charge in [-0.25, -0.2) is 0 Å². The minimum Gasteiger partial charge on any atom is -0.353 e. The van der Waals surface area contributed by atoms with E-state index in [0.717, 1.165) is 6.54 Å². The maximum atomic E-state index is 10.3. The zero-order valence-corrected chi connectivity index (χ0v) is 4.19. The average Bonchev–Trinajstić information content (AvgIpc) is 1.65. The summed E-state index contributed by atoms with van der Waals surface area (Å²) in [7, 11) is 1.78. The number of β-lactam (4-membered cyclic amide) rings is 1. The van der Waals surface area contributed by atoms with Crippen LogP contribution in [-0.2, 0) is 4.79 Å². The molecule has 1 saturated heterocycles. The molecule has 0 spiro atoms. The van der Waals surface area contributed by atoms with E-state index in [9.17, 15) is 4.79 Å². The SMILES string of the molecule is CNC1CNC1=O. The molecule has 40 valence electrons. The molecule has 0 aromatic carbocycles. The van der Waals surface area contributed by atoms with Gasteiger partial charge in [0.25, 0.3) is 0 Å². The molecule has 1 aliphatic heterocycles. The number of hydrogen-bond acceptors (Lipinski definition) is 2. The van der Waals surface area contributed by atoms with Crippen LogP contribution < -0.4 is 10.6 Å². The molecule has 2 N–H and O–H groups in total. The van der Waals surface area contributed by atoms with Crippen LogP contribution in [-0.4, -0.2) is 25.5 Å². The first-order valence-electron chi connectivity index (χ1n) is 2.29. The number of amides is 1. The molecule has 3 heteroatoms. The highest BCUT2D eigenvalue weighted by atomic mass is 16.2. The fraction of sp³-hybridized carbons (Fsp3) is 0.750. The van der Waals surface area contributed by atoms with Gasteiger partial charge in [-0.2, -0.15) is 0 Å². The van der Waals surface area contributed by atoms with Gasteiger partial charge in [0, 0.05) is 6.54 Å². The third-order valence-electron chi connectivity index (χ3n) is 1.15. The summed E-state index contributed by atoms with van der Waals surface area (Å²) in [5, 5.41) is 5.45. The topological polar surface area (TPSA) is 41.1 Å². The standard InChI is InChI=1S/C4H8N2O/c1-5-3-2-6-4(3)7/h3,5H,2H2,1H3,(H,6,7). The van der Waals surface area contributed by atoms with Gasteiger partial charge in [0.2, 0.25) is 5.91 Å². The molecule has 0 bridgehead atoms. The molecule has 0 radical (unpaired) electrons. The molecule has 0 aromatic rings. The summed E-state index contributed by atoms with van der Waals surface area (Å²) in [5.74, 6) is 0.113. The Labute approximate surface area is 42.1 Å². The first-order valence-corrected chi connectivity index (χ1v) is 2.29. The summed E-state index contributed by atoms with van der Waals surface area (Å²) in [6, 6.07) is 0.0833. The second kappa shape index (κ2) is 1.50. The number of likely N-dealkylation sites (N-methyl/N-ethyl adjacent to an activating group) is 1. The van der Waals surface area contributed by atoms with Crippen molar-refractivity contribution in [1.82, 2.24) is 10.6 Å². The fourth-order valence-corrected chi connectivity index (χ4v) is 0.521. The second-order valence-corrected chi connectivity index (χ2v) is 1.59. The highest BCUT2D eigenvalue weighted by Gasteiger charge is 2.24. The van der Waals surface area contributed by atoms with Crippen LogP contribution in [0.25, 0.3) is 0 Å². The summed E-state index contributed by atoms with van der Waals surface area (Å²) in [6.07, 6.45) is 0. The van der Waals surface area contributed by atoms with Gasteiger partial charge >= 0.3 is 0 Å². The monoisotopic (exact) mass is 100 g/mol. The number of rotatable bonds is 1. The van der Waals surface area contributed by atoms with Crippen molar-refractivity contribution in [3.8, 4) is 0 Å². The molecule has 0 saturated carbocycles. The first kappa shape index (κ1) is 4.59. The molecule has 1 fully saturated rings. The van der Waals surface area contributed by atoms with Gasteiger partial charge in [-0.3, -0.25) is 4.79 Å². The highest BCUT2D eigenvalue weighted by Crippen LogP contribution is 1.89. The lowest BCUT2D eigenvalue weighted by atomic mass is 10.2. The van der Waals surface area contributed by atoms with Gasteiger partial charge in [-0.15, -0.1) is 0 Å². The minimum absolute atomic E-state index is 0.0833. The zero-order valence-electron chi connectivity index (χ0n) is 4.19. The Hall–Kier alpha value is -0.570. The van der Waals surface area contributed by atoms with Gasteiger partial charge in [0.05, 0.1) is 0 Å². The Bertz CT molecular complexity index is 89.7. The third-order valence-corrected chi connectivity index (χ3v) is 1.15. The molecule has 7 heavy (non-hydrogen) atoms. The Morgan fingerprint density at radius 3 is 2.71 bits per heavy atom. The van der Waals surface area contributed by atoms with Crippen LogP contribution in [0.5, 0.6) is 0 Å². The molecule has 3 nitrogen and oxygen atoms in total. The Balaban J connectivity index is 2.29. The first-order chi connectivity index (χ1) is 3.34. The minimum atomic E-state index is 0.0833. The van der Waals surface area contributed by atoms with Crippen molar-refractivity contribution in [3.63, 3.8) is 0 Å². The van der Waals surface area contributed by atoms with E-state index in [0.29, 0.717) is 0 Å². The molecule has 1 heterocycles. The maximum absolute atomic E-state index is 10.3. The predicted molar refractivity (Wildman–Crippen MR) is 25.9 cm³/mol. The van der Waals surface area contributed by atoms with E-state index in [1.54, 1.807) is 7.05 Å². The van der Waals surface area contributed by atoms with Crippen molar-refractivity contribution in [1.29, 1.82) is 0 Å². The maximum Gasteiger partial charge on any atom is 0.239 e.